The summed E-state index contributed by atoms with van der Waals surface area (Å²) in [4.78, 5) is 3.19. The summed E-state index contributed by atoms with van der Waals surface area (Å²) in [6.07, 6.45) is 6.66. The molecule has 0 amide bonds. The molecular formula is C16H23ClFN5O2S2. The maximum Gasteiger partial charge on any atom is 0.266 e. The molecule has 0 aliphatic heterocycles. The fourth-order valence-electron chi connectivity index (χ4n) is 2.44. The van der Waals surface area contributed by atoms with Crippen LogP contribution in [0.5, 0.6) is 0 Å². The molecule has 0 atom stereocenters. The zero-order valence-corrected chi connectivity index (χ0v) is 17.4. The maximum atomic E-state index is 14.3. The van der Waals surface area contributed by atoms with Crippen molar-refractivity contribution in [2.45, 2.75) is 37.0 Å². The Balaban J connectivity index is 1.90. The maximum absolute atomic E-state index is 14.3. The van der Waals surface area contributed by atoms with Crippen molar-refractivity contribution < 1.29 is 12.8 Å². The summed E-state index contributed by atoms with van der Waals surface area (Å²) >= 11 is 6.99. The highest BCUT2D eigenvalue weighted by molar-refractivity contribution is 7.93. The summed E-state index contributed by atoms with van der Waals surface area (Å²) in [5.74, 6) is -0.883. The number of benzene rings is 1. The van der Waals surface area contributed by atoms with Gasteiger partial charge in [-0.1, -0.05) is 30.9 Å². The number of hydrogen-bond donors (Lipinski definition) is 3. The first-order valence-electron chi connectivity index (χ1n) is 8.61. The Hall–Kier alpha value is -1.49. The normalized spacial score (nSPS) is 11.5. The second-order valence-corrected chi connectivity index (χ2v) is 8.75. The van der Waals surface area contributed by atoms with E-state index in [0.717, 1.165) is 55.9 Å². The van der Waals surface area contributed by atoms with Crippen LogP contribution in [0, 0.1) is 5.82 Å². The molecule has 11 heteroatoms. The molecule has 0 saturated heterocycles. The smallest absolute Gasteiger partial charge is 0.266 e. The zero-order chi connectivity index (χ0) is 19.7. The van der Waals surface area contributed by atoms with Gasteiger partial charge in [0, 0.05) is 18.1 Å². The molecule has 0 bridgehead atoms. The lowest BCUT2D eigenvalue weighted by atomic mass is 10.1. The topological polar surface area (TPSA) is 96.0 Å². The highest BCUT2D eigenvalue weighted by atomic mass is 35.5. The van der Waals surface area contributed by atoms with Gasteiger partial charge in [-0.2, -0.15) is 4.37 Å². The van der Waals surface area contributed by atoms with E-state index in [4.69, 9.17) is 11.6 Å². The Morgan fingerprint density at radius 3 is 2.52 bits per heavy atom. The average molecular weight is 436 g/mol. The number of nitrogens with one attached hydrogen (secondary N) is 3. The molecule has 0 unspecified atom stereocenters. The van der Waals surface area contributed by atoms with Crippen LogP contribution < -0.4 is 15.4 Å². The minimum atomic E-state index is -4.13. The van der Waals surface area contributed by atoms with Crippen LogP contribution in [0.2, 0.25) is 5.02 Å². The van der Waals surface area contributed by atoms with Crippen molar-refractivity contribution in [1.82, 2.24) is 14.7 Å². The highest BCUT2D eigenvalue weighted by Gasteiger charge is 2.22. The van der Waals surface area contributed by atoms with Gasteiger partial charge < -0.3 is 10.6 Å². The molecule has 3 N–H and O–H groups in total. The zero-order valence-electron chi connectivity index (χ0n) is 15.0. The second-order valence-electron chi connectivity index (χ2n) is 5.91. The van der Waals surface area contributed by atoms with Crippen LogP contribution in [-0.4, -0.2) is 37.9 Å². The first-order valence-corrected chi connectivity index (χ1v) is 11.2. The van der Waals surface area contributed by atoms with E-state index in [1.807, 2.05) is 7.05 Å². The average Bonchev–Trinajstić information content (AvgIpc) is 3.11. The van der Waals surface area contributed by atoms with Crippen molar-refractivity contribution >= 4 is 44.0 Å². The Labute approximate surface area is 168 Å². The Bertz CT molecular complexity index is 818. The molecule has 2 rings (SSSR count). The van der Waals surface area contributed by atoms with Gasteiger partial charge in [-0.05, 0) is 38.6 Å². The summed E-state index contributed by atoms with van der Waals surface area (Å²) in [6.45, 7) is 1.66. The molecule has 2 aromatic rings. The Morgan fingerprint density at radius 1 is 1.15 bits per heavy atom. The number of unbranched alkanes of at least 4 members (excludes halogenated alkanes) is 4. The fraction of sp³-hybridized carbons (Fsp3) is 0.500. The van der Waals surface area contributed by atoms with Crippen molar-refractivity contribution in [3.05, 3.63) is 29.3 Å². The molecule has 0 aliphatic carbocycles. The molecule has 0 radical (unpaired) electrons. The van der Waals surface area contributed by atoms with Crippen molar-refractivity contribution in [2.75, 3.05) is 30.2 Å². The lowest BCUT2D eigenvalue weighted by molar-refractivity contribution is 0.570. The minimum Gasteiger partial charge on any atom is -0.384 e. The summed E-state index contributed by atoms with van der Waals surface area (Å²) < 4.78 is 44.8. The molecule has 0 aliphatic rings. The Morgan fingerprint density at radius 2 is 1.85 bits per heavy atom. The van der Waals surface area contributed by atoms with Crippen molar-refractivity contribution in [3.8, 4) is 0 Å². The molecule has 7 nitrogen and oxygen atoms in total. The number of hydrogen-bond acceptors (Lipinski definition) is 7. The lowest BCUT2D eigenvalue weighted by Gasteiger charge is -2.12. The molecular weight excluding hydrogens is 413 g/mol. The first-order chi connectivity index (χ1) is 12.9. The van der Waals surface area contributed by atoms with E-state index in [2.05, 4.69) is 24.7 Å². The van der Waals surface area contributed by atoms with Gasteiger partial charge in [-0.15, -0.1) is 0 Å². The summed E-state index contributed by atoms with van der Waals surface area (Å²) in [5, 5.41) is 6.37. The van der Waals surface area contributed by atoms with Gasteiger partial charge in [0.1, 0.15) is 17.0 Å². The van der Waals surface area contributed by atoms with Crippen molar-refractivity contribution in [1.29, 1.82) is 0 Å². The molecule has 1 aromatic heterocycles. The first kappa shape index (κ1) is 21.8. The van der Waals surface area contributed by atoms with Crippen LogP contribution in [0.25, 0.3) is 0 Å². The van der Waals surface area contributed by atoms with E-state index in [9.17, 15) is 12.8 Å². The second kappa shape index (κ2) is 10.7. The van der Waals surface area contributed by atoms with Gasteiger partial charge in [0.15, 0.2) is 0 Å². The summed E-state index contributed by atoms with van der Waals surface area (Å²) in [6, 6.07) is 2.20. The van der Waals surface area contributed by atoms with E-state index in [1.165, 1.54) is 12.7 Å². The van der Waals surface area contributed by atoms with Crippen molar-refractivity contribution in [2.24, 2.45) is 0 Å². The third kappa shape index (κ3) is 6.87. The lowest BCUT2D eigenvalue weighted by Crippen LogP contribution is -2.15. The van der Waals surface area contributed by atoms with Crippen LogP contribution in [0.4, 0.5) is 15.2 Å². The Kier molecular flexibility index (Phi) is 8.68. The predicted molar refractivity (Wildman–Crippen MR) is 108 cm³/mol. The van der Waals surface area contributed by atoms with Gasteiger partial charge >= 0.3 is 0 Å². The number of rotatable bonds is 12. The highest BCUT2D eigenvalue weighted by Crippen LogP contribution is 2.29. The molecule has 1 heterocycles. The molecule has 27 heavy (non-hydrogen) atoms. The number of nitrogens with zero attached hydrogens (tertiary/aromatic N) is 2. The van der Waals surface area contributed by atoms with Crippen LogP contribution >= 0.6 is 23.1 Å². The summed E-state index contributed by atoms with van der Waals surface area (Å²) in [5.41, 5.74) is 0.374. The van der Waals surface area contributed by atoms with Crippen LogP contribution in [0.3, 0.4) is 0 Å². The van der Waals surface area contributed by atoms with Gasteiger partial charge in [0.05, 0.1) is 10.7 Å². The summed E-state index contributed by atoms with van der Waals surface area (Å²) in [7, 11) is -2.19. The van der Waals surface area contributed by atoms with E-state index in [-0.39, 0.29) is 10.2 Å². The monoisotopic (exact) mass is 435 g/mol. The number of sulfonamides is 1. The van der Waals surface area contributed by atoms with E-state index >= 15 is 0 Å². The van der Waals surface area contributed by atoms with E-state index in [0.29, 0.717) is 12.2 Å². The molecule has 0 saturated carbocycles. The van der Waals surface area contributed by atoms with Crippen molar-refractivity contribution in [3.63, 3.8) is 0 Å². The third-order valence-electron chi connectivity index (χ3n) is 3.81. The third-order valence-corrected chi connectivity index (χ3v) is 6.19. The largest absolute Gasteiger partial charge is 0.384 e. The SMILES string of the molecule is CNCCCCCCCNc1cc(F)c(S(=O)(=O)Nc2ncns2)cc1Cl. The molecule has 0 fully saturated rings. The fourth-order valence-corrected chi connectivity index (χ4v) is 4.48. The van der Waals surface area contributed by atoms with E-state index < -0.39 is 20.7 Å². The molecule has 0 spiro atoms. The number of halogens is 2. The number of anilines is 2. The quantitative estimate of drug-likeness (QED) is 0.440. The van der Waals surface area contributed by atoms with Gasteiger partial charge in [-0.3, -0.25) is 4.72 Å². The predicted octanol–water partition coefficient (Wildman–Crippen LogP) is 3.71. The van der Waals surface area contributed by atoms with Crippen LogP contribution in [0.1, 0.15) is 32.1 Å². The molecule has 1 aromatic carbocycles. The van der Waals surface area contributed by atoms with Crippen LogP contribution in [-0.2, 0) is 10.0 Å². The van der Waals surface area contributed by atoms with Gasteiger partial charge in [0.2, 0.25) is 5.13 Å². The molecule has 150 valence electrons. The minimum absolute atomic E-state index is 0.0578. The standard InChI is InChI=1S/C16H23ClFN5O2S2/c1-19-7-5-3-2-4-6-8-20-14-10-13(18)15(9-12(14)17)27(24,25)23-16-21-11-22-26-16/h9-11,19-20H,2-8H2,1H3,(H,21,22,23). The van der Waals surface area contributed by atoms with Crippen LogP contribution in [0.15, 0.2) is 23.4 Å². The van der Waals surface area contributed by atoms with E-state index in [1.54, 1.807) is 0 Å². The van der Waals surface area contributed by atoms with Gasteiger partial charge in [0.25, 0.3) is 10.0 Å². The number of aromatic nitrogens is 2. The van der Waals surface area contributed by atoms with Gasteiger partial charge in [-0.25, -0.2) is 17.8 Å².